The first-order chi connectivity index (χ1) is 10.9. The van der Waals surface area contributed by atoms with Crippen LogP contribution in [0.15, 0.2) is 48.5 Å². The van der Waals surface area contributed by atoms with Crippen LogP contribution in [-0.2, 0) is 6.42 Å². The second-order valence-corrected chi connectivity index (χ2v) is 5.61. The summed E-state index contributed by atoms with van der Waals surface area (Å²) >= 11 is 0. The number of nitrogens with zero attached hydrogens (tertiary/aromatic N) is 1. The smallest absolute Gasteiger partial charge is 0.150 e. The van der Waals surface area contributed by atoms with E-state index in [-0.39, 0.29) is 0 Å². The lowest BCUT2D eigenvalue weighted by atomic mass is 10.0. The number of anilines is 1. The summed E-state index contributed by atoms with van der Waals surface area (Å²) in [4.78, 5) is 13.1. The fourth-order valence-corrected chi connectivity index (χ4v) is 2.93. The van der Waals surface area contributed by atoms with Gasteiger partial charge in [-0.25, -0.2) is 0 Å². The van der Waals surface area contributed by atoms with Gasteiger partial charge < -0.3 is 9.64 Å². The number of aryl methyl sites for hydroxylation is 1. The number of benzene rings is 2. The minimum Gasteiger partial charge on any atom is -0.494 e. The molecule has 0 radical (unpaired) electrons. The molecule has 114 valence electrons. The fourth-order valence-electron chi connectivity index (χ4n) is 2.93. The van der Waals surface area contributed by atoms with Gasteiger partial charge in [-0.1, -0.05) is 18.2 Å². The van der Waals surface area contributed by atoms with E-state index >= 15 is 0 Å². The Balaban J connectivity index is 1.48. The Kier molecular flexibility index (Phi) is 4.74. The summed E-state index contributed by atoms with van der Waals surface area (Å²) in [6.07, 6.45) is 4.25. The third-order valence-electron chi connectivity index (χ3n) is 4.06. The lowest BCUT2D eigenvalue weighted by Gasteiger charge is -2.31. The Morgan fingerprint density at radius 3 is 2.73 bits per heavy atom. The van der Waals surface area contributed by atoms with Crippen LogP contribution in [0.4, 0.5) is 5.69 Å². The second kappa shape index (κ2) is 7.12. The zero-order valence-electron chi connectivity index (χ0n) is 12.7. The Bertz CT molecular complexity index is 622. The highest BCUT2D eigenvalue weighted by Crippen LogP contribution is 2.26. The number of aldehydes is 1. The predicted octanol–water partition coefficient (Wildman–Crippen LogP) is 3.72. The first-order valence-electron chi connectivity index (χ1n) is 7.88. The van der Waals surface area contributed by atoms with Crippen LogP contribution in [-0.4, -0.2) is 26.0 Å². The molecule has 0 N–H and O–H groups in total. The van der Waals surface area contributed by atoms with Crippen molar-refractivity contribution in [2.45, 2.75) is 19.3 Å². The van der Waals surface area contributed by atoms with E-state index in [1.54, 1.807) is 12.1 Å². The minimum absolute atomic E-state index is 0.678. The fraction of sp³-hybridized carbons (Fsp3) is 0.316. The Hall–Kier alpha value is -2.29. The third-order valence-corrected chi connectivity index (χ3v) is 4.06. The van der Waals surface area contributed by atoms with E-state index in [1.807, 2.05) is 12.1 Å². The molecule has 0 atom stereocenters. The SMILES string of the molecule is O=Cc1ccc(OCCCN2CCCc3ccccc32)cc1. The van der Waals surface area contributed by atoms with Crippen LogP contribution in [0.5, 0.6) is 5.75 Å². The molecule has 0 spiro atoms. The van der Waals surface area contributed by atoms with Crippen molar-refractivity contribution in [1.29, 1.82) is 0 Å². The molecule has 1 aliphatic rings. The van der Waals surface area contributed by atoms with Gasteiger partial charge in [-0.15, -0.1) is 0 Å². The first-order valence-corrected chi connectivity index (χ1v) is 7.88. The molecule has 3 rings (SSSR count). The van der Waals surface area contributed by atoms with Gasteiger partial charge in [0.1, 0.15) is 12.0 Å². The number of fused-ring (bicyclic) bond motifs is 1. The van der Waals surface area contributed by atoms with Crippen molar-refractivity contribution in [2.24, 2.45) is 0 Å². The van der Waals surface area contributed by atoms with Crippen LogP contribution in [0.3, 0.4) is 0 Å². The maximum atomic E-state index is 10.6. The van der Waals surface area contributed by atoms with E-state index in [0.29, 0.717) is 12.2 Å². The Morgan fingerprint density at radius 1 is 1.09 bits per heavy atom. The van der Waals surface area contributed by atoms with Gasteiger partial charge in [0, 0.05) is 24.3 Å². The molecule has 1 aliphatic heterocycles. The van der Waals surface area contributed by atoms with Crippen molar-refractivity contribution in [2.75, 3.05) is 24.6 Å². The highest BCUT2D eigenvalue weighted by Gasteiger charge is 2.15. The van der Waals surface area contributed by atoms with Crippen molar-refractivity contribution in [3.8, 4) is 5.75 Å². The molecular weight excluding hydrogens is 274 g/mol. The van der Waals surface area contributed by atoms with Gasteiger partial charge in [-0.05, 0) is 55.2 Å². The minimum atomic E-state index is 0.678. The van der Waals surface area contributed by atoms with Gasteiger partial charge in [0.2, 0.25) is 0 Å². The van der Waals surface area contributed by atoms with Crippen molar-refractivity contribution in [3.05, 3.63) is 59.7 Å². The Labute approximate surface area is 131 Å². The van der Waals surface area contributed by atoms with Crippen LogP contribution in [0, 0.1) is 0 Å². The molecule has 0 amide bonds. The van der Waals surface area contributed by atoms with E-state index in [4.69, 9.17) is 4.74 Å². The molecule has 0 aromatic heterocycles. The zero-order valence-corrected chi connectivity index (χ0v) is 12.7. The quantitative estimate of drug-likeness (QED) is 0.601. The molecule has 0 saturated carbocycles. The molecule has 2 aromatic carbocycles. The Morgan fingerprint density at radius 2 is 1.91 bits per heavy atom. The van der Waals surface area contributed by atoms with Crippen LogP contribution >= 0.6 is 0 Å². The monoisotopic (exact) mass is 295 g/mol. The lowest BCUT2D eigenvalue weighted by molar-refractivity contribution is 0.112. The molecule has 3 nitrogen and oxygen atoms in total. The zero-order chi connectivity index (χ0) is 15.2. The van der Waals surface area contributed by atoms with Crippen molar-refractivity contribution in [1.82, 2.24) is 0 Å². The molecule has 2 aromatic rings. The summed E-state index contributed by atoms with van der Waals surface area (Å²) in [5.74, 6) is 0.824. The van der Waals surface area contributed by atoms with Crippen LogP contribution in [0.1, 0.15) is 28.8 Å². The predicted molar refractivity (Wildman–Crippen MR) is 88.9 cm³/mol. The van der Waals surface area contributed by atoms with Gasteiger partial charge in [0.25, 0.3) is 0 Å². The number of carbonyl (C=O) groups is 1. The number of para-hydroxylation sites is 1. The van der Waals surface area contributed by atoms with Gasteiger partial charge >= 0.3 is 0 Å². The van der Waals surface area contributed by atoms with Gasteiger partial charge in [0.05, 0.1) is 6.61 Å². The summed E-state index contributed by atoms with van der Waals surface area (Å²) in [5, 5.41) is 0. The van der Waals surface area contributed by atoms with E-state index < -0.39 is 0 Å². The largest absolute Gasteiger partial charge is 0.494 e. The van der Waals surface area contributed by atoms with E-state index in [9.17, 15) is 4.79 Å². The summed E-state index contributed by atoms with van der Waals surface area (Å²) in [6, 6.07) is 15.9. The second-order valence-electron chi connectivity index (χ2n) is 5.61. The van der Waals surface area contributed by atoms with Crippen molar-refractivity contribution >= 4 is 12.0 Å². The van der Waals surface area contributed by atoms with E-state index in [0.717, 1.165) is 31.5 Å². The van der Waals surface area contributed by atoms with Crippen LogP contribution in [0.25, 0.3) is 0 Å². The molecule has 1 heterocycles. The summed E-state index contributed by atoms with van der Waals surface area (Å²) in [7, 11) is 0. The average molecular weight is 295 g/mol. The molecule has 0 unspecified atom stereocenters. The highest BCUT2D eigenvalue weighted by atomic mass is 16.5. The normalized spacial score (nSPS) is 13.5. The maximum absolute atomic E-state index is 10.6. The van der Waals surface area contributed by atoms with Gasteiger partial charge in [0.15, 0.2) is 0 Å². The number of hydrogen-bond acceptors (Lipinski definition) is 3. The topological polar surface area (TPSA) is 29.5 Å². The molecule has 22 heavy (non-hydrogen) atoms. The molecule has 3 heteroatoms. The molecule has 0 fully saturated rings. The first kappa shape index (κ1) is 14.6. The van der Waals surface area contributed by atoms with E-state index in [2.05, 4.69) is 29.2 Å². The number of carbonyl (C=O) groups excluding carboxylic acids is 1. The highest BCUT2D eigenvalue weighted by molar-refractivity contribution is 5.74. The summed E-state index contributed by atoms with van der Waals surface area (Å²) in [5.41, 5.74) is 3.51. The van der Waals surface area contributed by atoms with E-state index in [1.165, 1.54) is 24.1 Å². The van der Waals surface area contributed by atoms with Crippen molar-refractivity contribution < 1.29 is 9.53 Å². The molecule has 0 saturated heterocycles. The third kappa shape index (κ3) is 3.48. The molecular formula is C19H21NO2. The molecule has 0 bridgehead atoms. The summed E-state index contributed by atoms with van der Waals surface area (Å²) in [6.45, 7) is 2.84. The van der Waals surface area contributed by atoms with Crippen LogP contribution < -0.4 is 9.64 Å². The summed E-state index contributed by atoms with van der Waals surface area (Å²) < 4.78 is 5.74. The van der Waals surface area contributed by atoms with Crippen LogP contribution in [0.2, 0.25) is 0 Å². The average Bonchev–Trinajstić information content (AvgIpc) is 2.59. The van der Waals surface area contributed by atoms with Crippen molar-refractivity contribution in [3.63, 3.8) is 0 Å². The maximum Gasteiger partial charge on any atom is 0.150 e. The number of hydrogen-bond donors (Lipinski definition) is 0. The number of ether oxygens (including phenoxy) is 1. The lowest BCUT2D eigenvalue weighted by Crippen LogP contribution is -2.31. The molecule has 0 aliphatic carbocycles. The number of rotatable bonds is 6. The van der Waals surface area contributed by atoms with Gasteiger partial charge in [-0.3, -0.25) is 4.79 Å². The van der Waals surface area contributed by atoms with Gasteiger partial charge in [-0.2, -0.15) is 0 Å². The standard InChI is InChI=1S/C19H21NO2/c21-15-16-8-10-18(11-9-16)22-14-4-13-20-12-3-6-17-5-1-2-7-19(17)20/h1-2,5,7-11,15H,3-4,6,12-14H2.